The van der Waals surface area contributed by atoms with Gasteiger partial charge in [0.2, 0.25) is 0 Å². The van der Waals surface area contributed by atoms with E-state index in [1.165, 1.54) is 22.3 Å². The molecule has 1 amide bonds. The second-order valence-corrected chi connectivity index (χ2v) is 8.30. The van der Waals surface area contributed by atoms with E-state index in [9.17, 15) is 4.79 Å². The first-order valence-electron chi connectivity index (χ1n) is 11.1. The second-order valence-electron chi connectivity index (χ2n) is 8.30. The van der Waals surface area contributed by atoms with Gasteiger partial charge >= 0.3 is 6.09 Å². The first-order valence-corrected chi connectivity index (χ1v) is 11.1. The molecule has 4 heteroatoms. The molecule has 30 heavy (non-hydrogen) atoms. The Morgan fingerprint density at radius 2 is 1.50 bits per heavy atom. The lowest BCUT2D eigenvalue weighted by atomic mass is 10.0. The fourth-order valence-electron chi connectivity index (χ4n) is 3.01. The van der Waals surface area contributed by atoms with Gasteiger partial charge in [0.25, 0.3) is 0 Å². The van der Waals surface area contributed by atoms with Crippen LogP contribution in [0.2, 0.25) is 0 Å². The Balaban J connectivity index is 2.18. The van der Waals surface area contributed by atoms with E-state index in [2.05, 4.69) is 63.2 Å². The van der Waals surface area contributed by atoms with Crippen LogP contribution >= 0.6 is 0 Å². The highest BCUT2D eigenvalue weighted by Crippen LogP contribution is 2.13. The lowest BCUT2D eigenvalue weighted by Crippen LogP contribution is -2.36. The van der Waals surface area contributed by atoms with Crippen molar-refractivity contribution in [3.8, 4) is 0 Å². The average Bonchev–Trinajstić information content (AvgIpc) is 2.68. The van der Waals surface area contributed by atoms with Crippen molar-refractivity contribution in [3.05, 3.63) is 58.7 Å². The van der Waals surface area contributed by atoms with E-state index >= 15 is 0 Å². The van der Waals surface area contributed by atoms with Crippen LogP contribution in [-0.2, 0) is 4.74 Å². The van der Waals surface area contributed by atoms with Crippen molar-refractivity contribution in [2.75, 3.05) is 13.2 Å². The number of carbonyl (C=O) groups excluding carboxylic acids is 1. The van der Waals surface area contributed by atoms with Gasteiger partial charge in [-0.05, 0) is 85.3 Å². The first-order chi connectivity index (χ1) is 14.4. The van der Waals surface area contributed by atoms with E-state index in [-0.39, 0.29) is 6.04 Å². The predicted molar refractivity (Wildman–Crippen MR) is 129 cm³/mol. The van der Waals surface area contributed by atoms with Gasteiger partial charge in [0.1, 0.15) is 6.61 Å². The molecule has 0 aromatic rings. The van der Waals surface area contributed by atoms with Crippen LogP contribution in [0.15, 0.2) is 63.7 Å². The van der Waals surface area contributed by atoms with Gasteiger partial charge < -0.3 is 10.1 Å². The zero-order chi connectivity index (χ0) is 22.2. The van der Waals surface area contributed by atoms with E-state index in [1.54, 1.807) is 6.21 Å². The Labute approximate surface area is 183 Å². The van der Waals surface area contributed by atoms with Gasteiger partial charge in [-0.2, -0.15) is 0 Å². The molecule has 166 valence electrons. The molecule has 1 rings (SSSR count). The lowest BCUT2D eigenvalue weighted by molar-refractivity contribution is 0.156. The number of nitrogens with zero attached hydrogens (tertiary/aromatic N) is 1. The molecular formula is C26H40N2O2. The Bertz CT molecular complexity index is 705. The minimum absolute atomic E-state index is 0.0725. The molecule has 1 aliphatic heterocycles. The highest BCUT2D eigenvalue weighted by molar-refractivity contribution is 5.73. The van der Waals surface area contributed by atoms with Crippen molar-refractivity contribution >= 4 is 12.3 Å². The number of dihydropyridines is 1. The van der Waals surface area contributed by atoms with E-state index in [0.717, 1.165) is 38.5 Å². The van der Waals surface area contributed by atoms with Gasteiger partial charge in [-0.1, -0.05) is 46.6 Å². The first kappa shape index (κ1) is 25.7. The molecule has 1 aliphatic rings. The fourth-order valence-corrected chi connectivity index (χ4v) is 3.01. The summed E-state index contributed by atoms with van der Waals surface area (Å²) in [4.78, 5) is 15.9. The summed E-state index contributed by atoms with van der Waals surface area (Å²) in [5.41, 5.74) is 5.56. The van der Waals surface area contributed by atoms with Crippen molar-refractivity contribution in [1.82, 2.24) is 5.32 Å². The molecule has 1 unspecified atom stereocenters. The van der Waals surface area contributed by atoms with Crippen molar-refractivity contribution in [2.45, 2.75) is 79.2 Å². The maximum Gasteiger partial charge on any atom is 0.407 e. The standard InChI is InChI=1S/C26H40N2O2/c1-21(2)10-6-11-22(3)12-7-13-23(4)14-8-15-24(5)17-19-30-26(29)28-25-16-9-18-27-20-25/h9-10,12,14,16-18,25H,6-8,11,13,15,19-20H2,1-5H3,(H,28,29)/b22-12+,23-14+,24-17+. The van der Waals surface area contributed by atoms with Crippen LogP contribution in [-0.4, -0.2) is 31.5 Å². The molecule has 0 radical (unpaired) electrons. The number of rotatable bonds is 12. The molecule has 0 aromatic heterocycles. The third-order valence-electron chi connectivity index (χ3n) is 4.94. The van der Waals surface area contributed by atoms with Crippen LogP contribution in [0.3, 0.4) is 0 Å². The smallest absolute Gasteiger partial charge is 0.407 e. The van der Waals surface area contributed by atoms with Crippen molar-refractivity contribution < 1.29 is 9.53 Å². The quantitative estimate of drug-likeness (QED) is 0.356. The van der Waals surface area contributed by atoms with Crippen LogP contribution in [0.4, 0.5) is 4.79 Å². The number of hydrogen-bond acceptors (Lipinski definition) is 3. The summed E-state index contributed by atoms with van der Waals surface area (Å²) in [6, 6.07) is -0.0725. The normalized spacial score (nSPS) is 17.1. The summed E-state index contributed by atoms with van der Waals surface area (Å²) in [5, 5.41) is 2.79. The number of amides is 1. The van der Waals surface area contributed by atoms with Crippen LogP contribution in [0, 0.1) is 0 Å². The summed E-state index contributed by atoms with van der Waals surface area (Å²) in [7, 11) is 0. The lowest BCUT2D eigenvalue weighted by Gasteiger charge is -2.14. The van der Waals surface area contributed by atoms with E-state index < -0.39 is 6.09 Å². The minimum Gasteiger partial charge on any atom is -0.445 e. The van der Waals surface area contributed by atoms with E-state index in [0.29, 0.717) is 13.2 Å². The van der Waals surface area contributed by atoms with Crippen molar-refractivity contribution in [2.24, 2.45) is 4.99 Å². The number of carbonyl (C=O) groups is 1. The zero-order valence-corrected chi connectivity index (χ0v) is 19.5. The number of alkyl carbamates (subject to hydrolysis) is 1. The molecule has 0 saturated carbocycles. The van der Waals surface area contributed by atoms with Gasteiger partial charge in [0.05, 0.1) is 12.6 Å². The largest absolute Gasteiger partial charge is 0.445 e. The van der Waals surface area contributed by atoms with Crippen LogP contribution in [0.25, 0.3) is 0 Å². The molecule has 0 aromatic carbocycles. The molecule has 0 spiro atoms. The van der Waals surface area contributed by atoms with Crippen LogP contribution < -0.4 is 5.32 Å². The Morgan fingerprint density at radius 3 is 2.03 bits per heavy atom. The SMILES string of the molecule is CC(C)=CCC/C(C)=C/CC/C(C)=C/CC/C(C)=C/COC(=O)NC1C=CC=NC1. The zero-order valence-electron chi connectivity index (χ0n) is 19.5. The van der Waals surface area contributed by atoms with Gasteiger partial charge in [-0.15, -0.1) is 0 Å². The molecule has 0 fully saturated rings. The highest BCUT2D eigenvalue weighted by Gasteiger charge is 2.10. The molecular weight excluding hydrogens is 372 g/mol. The van der Waals surface area contributed by atoms with Crippen molar-refractivity contribution in [1.29, 1.82) is 0 Å². The number of aliphatic imine (C=N–C) groups is 1. The second kappa shape index (κ2) is 15.5. The summed E-state index contributed by atoms with van der Waals surface area (Å²) >= 11 is 0. The predicted octanol–water partition coefficient (Wildman–Crippen LogP) is 6.87. The topological polar surface area (TPSA) is 50.7 Å². The van der Waals surface area contributed by atoms with Gasteiger partial charge in [-0.25, -0.2) is 4.79 Å². The van der Waals surface area contributed by atoms with Crippen molar-refractivity contribution in [3.63, 3.8) is 0 Å². The van der Waals surface area contributed by atoms with Crippen LogP contribution in [0.5, 0.6) is 0 Å². The molecule has 1 atom stereocenters. The fraction of sp³-hybridized carbons (Fsp3) is 0.538. The molecule has 1 heterocycles. The molecule has 1 N–H and O–H groups in total. The third-order valence-corrected chi connectivity index (χ3v) is 4.94. The molecule has 4 nitrogen and oxygen atoms in total. The minimum atomic E-state index is -0.397. The van der Waals surface area contributed by atoms with Crippen LogP contribution in [0.1, 0.15) is 73.1 Å². The number of nitrogens with one attached hydrogen (secondary N) is 1. The molecule has 0 saturated heterocycles. The van der Waals surface area contributed by atoms with E-state index in [4.69, 9.17) is 4.74 Å². The number of hydrogen-bond donors (Lipinski definition) is 1. The summed E-state index contributed by atoms with van der Waals surface area (Å²) in [6.45, 7) is 11.7. The number of ether oxygens (including phenoxy) is 1. The Morgan fingerprint density at radius 1 is 0.933 bits per heavy atom. The average molecular weight is 413 g/mol. The maximum absolute atomic E-state index is 11.8. The Hall–Kier alpha value is -2.36. The van der Waals surface area contributed by atoms with E-state index in [1.807, 2.05) is 18.2 Å². The summed E-state index contributed by atoms with van der Waals surface area (Å²) in [5.74, 6) is 0. The maximum atomic E-state index is 11.8. The molecule has 0 aliphatic carbocycles. The van der Waals surface area contributed by atoms with Gasteiger partial charge in [0, 0.05) is 6.21 Å². The van der Waals surface area contributed by atoms with Gasteiger partial charge in [-0.3, -0.25) is 4.99 Å². The molecule has 0 bridgehead atoms. The number of allylic oxidation sites excluding steroid dienone is 8. The Kier molecular flexibility index (Phi) is 13.2. The summed E-state index contributed by atoms with van der Waals surface area (Å²) < 4.78 is 5.22. The van der Waals surface area contributed by atoms with Gasteiger partial charge in [0.15, 0.2) is 0 Å². The summed E-state index contributed by atoms with van der Waals surface area (Å²) in [6.07, 6.45) is 20.6. The third kappa shape index (κ3) is 13.8. The monoisotopic (exact) mass is 412 g/mol. The highest BCUT2D eigenvalue weighted by atomic mass is 16.5.